The van der Waals surface area contributed by atoms with Crippen molar-refractivity contribution in [2.75, 3.05) is 6.61 Å². The molecule has 4 nitrogen and oxygen atoms in total. The number of hydrogen-bond donors (Lipinski definition) is 1. The molecule has 1 aliphatic rings. The molecule has 2 rings (SSSR count). The van der Waals surface area contributed by atoms with E-state index < -0.39 is 0 Å². The molecule has 1 saturated heterocycles. The van der Waals surface area contributed by atoms with Crippen LogP contribution in [0.2, 0.25) is 0 Å². The number of aryl methyl sites for hydroxylation is 2. The zero-order valence-corrected chi connectivity index (χ0v) is 11.4. The first-order valence-electron chi connectivity index (χ1n) is 7.02. The molecular formula is C14H24N2O2. The molecule has 1 fully saturated rings. The standard InChI is InChI=1S/C14H24N2O2/c1-3-13-12(10-16(2)15-13)14(17)8-4-6-11-7-5-9-18-11/h10-11,14,17H,3-9H2,1-2H3. The van der Waals surface area contributed by atoms with E-state index in [2.05, 4.69) is 12.0 Å². The Bertz CT molecular complexity index is 370. The van der Waals surface area contributed by atoms with Crippen molar-refractivity contribution in [3.63, 3.8) is 0 Å². The van der Waals surface area contributed by atoms with Crippen LogP contribution in [0.4, 0.5) is 0 Å². The van der Waals surface area contributed by atoms with Gasteiger partial charge in [-0.15, -0.1) is 0 Å². The number of hydrogen-bond acceptors (Lipinski definition) is 3. The van der Waals surface area contributed by atoms with Crippen LogP contribution in [0.5, 0.6) is 0 Å². The fourth-order valence-electron chi connectivity index (χ4n) is 2.67. The van der Waals surface area contributed by atoms with Gasteiger partial charge in [-0.2, -0.15) is 5.10 Å². The van der Waals surface area contributed by atoms with Gasteiger partial charge in [0.25, 0.3) is 0 Å². The molecule has 102 valence electrons. The lowest BCUT2D eigenvalue weighted by atomic mass is 10.0. The summed E-state index contributed by atoms with van der Waals surface area (Å²) in [6.07, 6.45) is 8.13. The summed E-state index contributed by atoms with van der Waals surface area (Å²) in [5.41, 5.74) is 2.01. The fraction of sp³-hybridized carbons (Fsp3) is 0.786. The molecular weight excluding hydrogens is 228 g/mol. The lowest BCUT2D eigenvalue weighted by molar-refractivity contribution is 0.0943. The Morgan fingerprint density at radius 2 is 2.44 bits per heavy atom. The lowest BCUT2D eigenvalue weighted by Gasteiger charge is -2.12. The summed E-state index contributed by atoms with van der Waals surface area (Å²) in [6.45, 7) is 2.99. The van der Waals surface area contributed by atoms with Crippen LogP contribution in [0, 0.1) is 0 Å². The molecule has 0 amide bonds. The largest absolute Gasteiger partial charge is 0.388 e. The molecule has 1 aromatic heterocycles. The van der Waals surface area contributed by atoms with E-state index in [1.807, 2.05) is 13.2 Å². The minimum absolute atomic E-state index is 0.380. The van der Waals surface area contributed by atoms with Crippen molar-refractivity contribution in [1.29, 1.82) is 0 Å². The van der Waals surface area contributed by atoms with Crippen LogP contribution in [0.15, 0.2) is 6.20 Å². The van der Waals surface area contributed by atoms with Crippen LogP contribution in [0.3, 0.4) is 0 Å². The molecule has 0 spiro atoms. The van der Waals surface area contributed by atoms with E-state index in [9.17, 15) is 5.11 Å². The normalized spacial score (nSPS) is 21.4. The van der Waals surface area contributed by atoms with Gasteiger partial charge in [0.2, 0.25) is 0 Å². The predicted molar refractivity (Wildman–Crippen MR) is 70.4 cm³/mol. The van der Waals surface area contributed by atoms with E-state index in [4.69, 9.17) is 4.74 Å². The smallest absolute Gasteiger partial charge is 0.0823 e. The van der Waals surface area contributed by atoms with Gasteiger partial charge in [-0.1, -0.05) is 6.92 Å². The maximum atomic E-state index is 10.2. The summed E-state index contributed by atoms with van der Waals surface area (Å²) in [5.74, 6) is 0. The quantitative estimate of drug-likeness (QED) is 0.845. The molecule has 4 heteroatoms. The Morgan fingerprint density at radius 3 is 3.11 bits per heavy atom. The summed E-state index contributed by atoms with van der Waals surface area (Å²) < 4.78 is 7.38. The Kier molecular flexibility index (Phi) is 4.78. The predicted octanol–water partition coefficient (Wildman–Crippen LogP) is 2.37. The molecule has 1 aromatic rings. The van der Waals surface area contributed by atoms with Gasteiger partial charge in [0.05, 0.1) is 17.9 Å². The highest BCUT2D eigenvalue weighted by molar-refractivity contribution is 5.19. The molecule has 18 heavy (non-hydrogen) atoms. The van der Waals surface area contributed by atoms with Crippen molar-refractivity contribution in [1.82, 2.24) is 9.78 Å². The number of ether oxygens (including phenoxy) is 1. The Hall–Kier alpha value is -0.870. The topological polar surface area (TPSA) is 47.3 Å². The van der Waals surface area contributed by atoms with Crippen LogP contribution in [-0.2, 0) is 18.2 Å². The Balaban J connectivity index is 1.81. The van der Waals surface area contributed by atoms with Gasteiger partial charge in [-0.3, -0.25) is 4.68 Å². The van der Waals surface area contributed by atoms with E-state index in [-0.39, 0.29) is 6.10 Å². The van der Waals surface area contributed by atoms with E-state index in [1.54, 1.807) is 4.68 Å². The molecule has 2 unspecified atom stereocenters. The monoisotopic (exact) mass is 252 g/mol. The number of rotatable bonds is 6. The molecule has 1 aliphatic heterocycles. The first-order valence-corrected chi connectivity index (χ1v) is 7.02. The van der Waals surface area contributed by atoms with E-state index in [0.717, 1.165) is 43.5 Å². The first-order chi connectivity index (χ1) is 8.70. The molecule has 0 aromatic carbocycles. The van der Waals surface area contributed by atoms with Gasteiger partial charge in [-0.05, 0) is 38.5 Å². The average molecular weight is 252 g/mol. The highest BCUT2D eigenvalue weighted by Crippen LogP contribution is 2.25. The summed E-state index contributed by atoms with van der Waals surface area (Å²) in [4.78, 5) is 0. The van der Waals surface area contributed by atoms with E-state index >= 15 is 0 Å². The second-order valence-corrected chi connectivity index (χ2v) is 5.14. The molecule has 2 heterocycles. The summed E-state index contributed by atoms with van der Waals surface area (Å²) in [5, 5.41) is 14.6. The van der Waals surface area contributed by atoms with Gasteiger partial charge in [0.1, 0.15) is 0 Å². The maximum Gasteiger partial charge on any atom is 0.0823 e. The van der Waals surface area contributed by atoms with Crippen molar-refractivity contribution < 1.29 is 9.84 Å². The Morgan fingerprint density at radius 1 is 1.61 bits per heavy atom. The molecule has 1 N–H and O–H groups in total. The second kappa shape index (κ2) is 6.34. The average Bonchev–Trinajstić information content (AvgIpc) is 2.98. The highest BCUT2D eigenvalue weighted by atomic mass is 16.5. The maximum absolute atomic E-state index is 10.2. The van der Waals surface area contributed by atoms with E-state index in [1.165, 1.54) is 12.8 Å². The third kappa shape index (κ3) is 3.33. The highest BCUT2D eigenvalue weighted by Gasteiger charge is 2.18. The SMILES string of the molecule is CCc1nn(C)cc1C(O)CCCC1CCCO1. The van der Waals surface area contributed by atoms with Gasteiger partial charge in [-0.25, -0.2) is 0 Å². The third-order valence-corrected chi connectivity index (χ3v) is 3.66. The van der Waals surface area contributed by atoms with Crippen molar-refractivity contribution in [3.05, 3.63) is 17.5 Å². The summed E-state index contributed by atoms with van der Waals surface area (Å²) in [7, 11) is 1.90. The molecule has 0 aliphatic carbocycles. The van der Waals surface area contributed by atoms with Crippen molar-refractivity contribution >= 4 is 0 Å². The minimum atomic E-state index is -0.380. The van der Waals surface area contributed by atoms with Crippen molar-refractivity contribution in [3.8, 4) is 0 Å². The van der Waals surface area contributed by atoms with Crippen LogP contribution in [0.25, 0.3) is 0 Å². The molecule has 0 radical (unpaired) electrons. The molecule has 2 atom stereocenters. The van der Waals surface area contributed by atoms with E-state index in [0.29, 0.717) is 6.10 Å². The van der Waals surface area contributed by atoms with Crippen LogP contribution < -0.4 is 0 Å². The van der Waals surface area contributed by atoms with Crippen molar-refractivity contribution in [2.24, 2.45) is 7.05 Å². The van der Waals surface area contributed by atoms with Gasteiger partial charge in [0.15, 0.2) is 0 Å². The lowest BCUT2D eigenvalue weighted by Crippen LogP contribution is -2.06. The second-order valence-electron chi connectivity index (χ2n) is 5.14. The summed E-state index contributed by atoms with van der Waals surface area (Å²) in [6, 6.07) is 0. The number of aliphatic hydroxyl groups excluding tert-OH is 1. The fourth-order valence-corrected chi connectivity index (χ4v) is 2.67. The van der Waals surface area contributed by atoms with Crippen LogP contribution in [-0.4, -0.2) is 27.6 Å². The van der Waals surface area contributed by atoms with Gasteiger partial charge >= 0.3 is 0 Å². The van der Waals surface area contributed by atoms with Crippen LogP contribution in [0.1, 0.15) is 56.4 Å². The number of aliphatic hydroxyl groups is 1. The molecule has 0 bridgehead atoms. The van der Waals surface area contributed by atoms with Gasteiger partial charge in [0, 0.05) is 25.4 Å². The summed E-state index contributed by atoms with van der Waals surface area (Å²) >= 11 is 0. The zero-order valence-electron chi connectivity index (χ0n) is 11.4. The number of aromatic nitrogens is 2. The van der Waals surface area contributed by atoms with Gasteiger partial charge < -0.3 is 9.84 Å². The number of nitrogens with zero attached hydrogens (tertiary/aromatic N) is 2. The zero-order chi connectivity index (χ0) is 13.0. The third-order valence-electron chi connectivity index (χ3n) is 3.66. The Labute approximate surface area is 109 Å². The first kappa shape index (κ1) is 13.6. The minimum Gasteiger partial charge on any atom is -0.388 e. The van der Waals surface area contributed by atoms with Crippen molar-refractivity contribution in [2.45, 2.75) is 57.7 Å². The molecule has 0 saturated carbocycles. The van der Waals surface area contributed by atoms with Crippen LogP contribution >= 0.6 is 0 Å².